The summed E-state index contributed by atoms with van der Waals surface area (Å²) in [6.07, 6.45) is 4.83. The van der Waals surface area contributed by atoms with Crippen LogP contribution in [0.3, 0.4) is 0 Å². The summed E-state index contributed by atoms with van der Waals surface area (Å²) in [4.78, 5) is 0. The molecule has 4 unspecified atom stereocenters. The molecule has 1 aromatic carbocycles. The van der Waals surface area contributed by atoms with E-state index in [1.54, 1.807) is 12.1 Å². The van der Waals surface area contributed by atoms with Crippen molar-refractivity contribution in [3.8, 4) is 0 Å². The van der Waals surface area contributed by atoms with Crippen LogP contribution >= 0.6 is 0 Å². The van der Waals surface area contributed by atoms with Crippen molar-refractivity contribution in [2.24, 2.45) is 11.8 Å². The van der Waals surface area contributed by atoms with Gasteiger partial charge < -0.3 is 10.4 Å². The molecule has 0 radical (unpaired) electrons. The van der Waals surface area contributed by atoms with Gasteiger partial charge in [0.2, 0.25) is 0 Å². The number of hydrogen-bond acceptors (Lipinski definition) is 2. The van der Waals surface area contributed by atoms with Crippen LogP contribution in [0.15, 0.2) is 24.3 Å². The number of nitrogens with one attached hydrogen (secondary N) is 1. The molecule has 1 aromatic rings. The van der Waals surface area contributed by atoms with Crippen LogP contribution in [0.5, 0.6) is 0 Å². The van der Waals surface area contributed by atoms with Crippen molar-refractivity contribution in [3.05, 3.63) is 35.6 Å². The van der Waals surface area contributed by atoms with Crippen molar-refractivity contribution in [3.63, 3.8) is 0 Å². The summed E-state index contributed by atoms with van der Waals surface area (Å²) in [5.41, 5.74) is 0.784. The van der Waals surface area contributed by atoms with E-state index in [2.05, 4.69) is 5.32 Å². The molecule has 2 aliphatic rings. The molecule has 3 rings (SSSR count). The zero-order valence-electron chi connectivity index (χ0n) is 10.5. The smallest absolute Gasteiger partial charge is 0.123 e. The van der Waals surface area contributed by atoms with Gasteiger partial charge in [-0.2, -0.15) is 0 Å². The van der Waals surface area contributed by atoms with Gasteiger partial charge in [-0.15, -0.1) is 0 Å². The first-order valence-corrected chi connectivity index (χ1v) is 6.89. The average molecular weight is 249 g/mol. The van der Waals surface area contributed by atoms with E-state index in [0.717, 1.165) is 17.4 Å². The zero-order chi connectivity index (χ0) is 12.5. The maximum absolute atomic E-state index is 12.8. The predicted octanol–water partition coefficient (Wildman–Crippen LogP) is 2.64. The molecule has 2 N–H and O–H groups in total. The van der Waals surface area contributed by atoms with Crippen LogP contribution in [0.25, 0.3) is 0 Å². The Morgan fingerprint density at radius 3 is 2.61 bits per heavy atom. The van der Waals surface area contributed by atoms with Gasteiger partial charge in [0.15, 0.2) is 0 Å². The number of aliphatic hydroxyl groups excluding tert-OH is 1. The largest absolute Gasteiger partial charge is 0.387 e. The van der Waals surface area contributed by atoms with Crippen molar-refractivity contribution >= 4 is 0 Å². The van der Waals surface area contributed by atoms with E-state index in [1.165, 1.54) is 37.8 Å². The minimum absolute atomic E-state index is 0.257. The van der Waals surface area contributed by atoms with Crippen molar-refractivity contribution in [1.29, 1.82) is 0 Å². The minimum atomic E-state index is -0.537. The SMILES string of the molecule is OC(CNC1CC2CCC1C2)c1ccc(F)cc1. The van der Waals surface area contributed by atoms with E-state index in [9.17, 15) is 9.50 Å². The molecule has 2 nitrogen and oxygen atoms in total. The molecule has 4 atom stereocenters. The first-order valence-electron chi connectivity index (χ1n) is 6.89. The van der Waals surface area contributed by atoms with Crippen LogP contribution < -0.4 is 5.32 Å². The number of benzene rings is 1. The summed E-state index contributed by atoms with van der Waals surface area (Å²) in [5, 5.41) is 13.5. The van der Waals surface area contributed by atoms with Crippen LogP contribution in [-0.2, 0) is 0 Å². The summed E-state index contributed by atoms with van der Waals surface area (Å²) >= 11 is 0. The molecular weight excluding hydrogens is 229 g/mol. The molecule has 2 bridgehead atoms. The second-order valence-corrected chi connectivity index (χ2v) is 5.76. The fourth-order valence-corrected chi connectivity index (χ4v) is 3.56. The quantitative estimate of drug-likeness (QED) is 0.859. The van der Waals surface area contributed by atoms with Gasteiger partial charge in [0.05, 0.1) is 6.10 Å². The molecule has 3 heteroatoms. The molecule has 0 amide bonds. The molecule has 2 fully saturated rings. The van der Waals surface area contributed by atoms with Gasteiger partial charge in [0.1, 0.15) is 5.82 Å². The summed E-state index contributed by atoms with van der Waals surface area (Å²) in [5.74, 6) is 1.47. The molecule has 0 spiro atoms. The Bertz CT molecular complexity index is 405. The zero-order valence-corrected chi connectivity index (χ0v) is 10.5. The Labute approximate surface area is 107 Å². The Morgan fingerprint density at radius 1 is 1.22 bits per heavy atom. The monoisotopic (exact) mass is 249 g/mol. The lowest BCUT2D eigenvalue weighted by Crippen LogP contribution is -2.36. The normalized spacial score (nSPS) is 31.8. The number of fused-ring (bicyclic) bond motifs is 2. The third-order valence-corrected chi connectivity index (χ3v) is 4.57. The van der Waals surface area contributed by atoms with E-state index >= 15 is 0 Å². The van der Waals surface area contributed by atoms with Crippen molar-refractivity contribution in [2.75, 3.05) is 6.54 Å². The lowest BCUT2D eigenvalue weighted by Gasteiger charge is -2.24. The minimum Gasteiger partial charge on any atom is -0.387 e. The second kappa shape index (κ2) is 4.98. The molecule has 0 aromatic heterocycles. The van der Waals surface area contributed by atoms with Gasteiger partial charge in [0, 0.05) is 12.6 Å². The molecule has 2 saturated carbocycles. The fraction of sp³-hybridized carbons (Fsp3) is 0.600. The Balaban J connectivity index is 1.52. The summed E-state index contributed by atoms with van der Waals surface area (Å²) in [6, 6.07) is 6.69. The van der Waals surface area contributed by atoms with Crippen molar-refractivity contribution in [2.45, 2.75) is 37.8 Å². The van der Waals surface area contributed by atoms with Crippen LogP contribution in [0, 0.1) is 17.7 Å². The van der Waals surface area contributed by atoms with Crippen molar-refractivity contribution < 1.29 is 9.50 Å². The molecule has 98 valence electrons. The highest BCUT2D eigenvalue weighted by atomic mass is 19.1. The molecular formula is C15H20FNO. The lowest BCUT2D eigenvalue weighted by atomic mass is 9.95. The maximum atomic E-state index is 12.8. The molecule has 0 aliphatic heterocycles. The average Bonchev–Trinajstić information content (AvgIpc) is 2.99. The summed E-state index contributed by atoms with van der Waals surface area (Å²) in [6.45, 7) is 0.569. The topological polar surface area (TPSA) is 32.3 Å². The van der Waals surface area contributed by atoms with E-state index in [1.807, 2.05) is 0 Å². The highest BCUT2D eigenvalue weighted by molar-refractivity contribution is 5.18. The molecule has 0 saturated heterocycles. The number of hydrogen-bond donors (Lipinski definition) is 2. The van der Waals surface area contributed by atoms with Crippen LogP contribution in [0.2, 0.25) is 0 Å². The summed E-state index contributed by atoms with van der Waals surface area (Å²) in [7, 11) is 0. The number of rotatable bonds is 4. The first kappa shape index (κ1) is 12.1. The van der Waals surface area contributed by atoms with Crippen LogP contribution in [0.4, 0.5) is 4.39 Å². The lowest BCUT2D eigenvalue weighted by molar-refractivity contribution is 0.163. The van der Waals surface area contributed by atoms with Gasteiger partial charge in [0.25, 0.3) is 0 Å². The van der Waals surface area contributed by atoms with Crippen LogP contribution in [-0.4, -0.2) is 17.7 Å². The van der Waals surface area contributed by atoms with E-state index in [-0.39, 0.29) is 5.82 Å². The highest BCUT2D eigenvalue weighted by Gasteiger charge is 2.39. The molecule has 0 heterocycles. The Kier molecular flexibility index (Phi) is 3.35. The van der Waals surface area contributed by atoms with Gasteiger partial charge in [-0.25, -0.2) is 4.39 Å². The maximum Gasteiger partial charge on any atom is 0.123 e. The van der Waals surface area contributed by atoms with E-state index < -0.39 is 6.10 Å². The Morgan fingerprint density at radius 2 is 2.00 bits per heavy atom. The third-order valence-electron chi connectivity index (χ3n) is 4.57. The standard InChI is InChI=1S/C15H20FNO/c16-13-5-3-11(4-6-13)15(18)9-17-14-8-10-1-2-12(14)7-10/h3-6,10,12,14-15,17-18H,1-2,7-9H2. The van der Waals surface area contributed by atoms with Crippen LogP contribution in [0.1, 0.15) is 37.4 Å². The number of aliphatic hydroxyl groups is 1. The second-order valence-electron chi connectivity index (χ2n) is 5.76. The molecule has 18 heavy (non-hydrogen) atoms. The Hall–Kier alpha value is -0.930. The first-order chi connectivity index (χ1) is 8.72. The fourth-order valence-electron chi connectivity index (χ4n) is 3.56. The predicted molar refractivity (Wildman–Crippen MR) is 68.6 cm³/mol. The van der Waals surface area contributed by atoms with E-state index in [0.29, 0.717) is 12.6 Å². The van der Waals surface area contributed by atoms with Gasteiger partial charge >= 0.3 is 0 Å². The van der Waals surface area contributed by atoms with Gasteiger partial charge in [-0.1, -0.05) is 18.6 Å². The third kappa shape index (κ3) is 2.43. The number of halogens is 1. The highest BCUT2D eigenvalue weighted by Crippen LogP contribution is 2.44. The van der Waals surface area contributed by atoms with E-state index in [4.69, 9.17) is 0 Å². The molecule has 2 aliphatic carbocycles. The van der Waals surface area contributed by atoms with Gasteiger partial charge in [-0.3, -0.25) is 0 Å². The van der Waals surface area contributed by atoms with Gasteiger partial charge in [-0.05, 0) is 48.8 Å². The van der Waals surface area contributed by atoms with Crippen molar-refractivity contribution in [1.82, 2.24) is 5.32 Å². The summed E-state index contributed by atoms with van der Waals surface area (Å²) < 4.78 is 12.8.